The maximum Gasteiger partial charge on any atom is 0.164 e. The molecule has 0 aliphatic heterocycles. The molecular weight excluding hydrogens is 613 g/mol. The molecule has 50 heavy (non-hydrogen) atoms. The number of fused-ring (bicyclic) bond motifs is 6. The van der Waals surface area contributed by atoms with Gasteiger partial charge in [0.15, 0.2) is 17.5 Å². The molecule has 5 nitrogen and oxygen atoms in total. The maximum atomic E-state index is 9.45. The number of nitrogens with zero attached hydrogens (tertiary/aromatic N) is 4. The smallest absolute Gasteiger partial charge is 0.164 e. The third-order valence-electron chi connectivity index (χ3n) is 9.33. The molecule has 0 aliphatic rings. The fourth-order valence-electron chi connectivity index (χ4n) is 6.96. The molecule has 0 bridgehead atoms. The zero-order valence-electron chi connectivity index (χ0n) is 27.8. The first-order valence-corrected chi connectivity index (χ1v) is 16.6. The van der Waals surface area contributed by atoms with Gasteiger partial charge in [-0.15, -0.1) is 0 Å². The van der Waals surface area contributed by atoms with Gasteiger partial charge in [0.25, 0.3) is 0 Å². The average molecular weight is 642 g/mol. The minimum absolute atomic E-state index is 0.376. The van der Waals surface area contributed by atoms with Crippen molar-refractivity contribution in [3.63, 3.8) is 0 Å². The van der Waals surface area contributed by atoms with Gasteiger partial charge in [-0.05, 0) is 47.5 Å². The summed E-state index contributed by atoms with van der Waals surface area (Å²) in [6.07, 6.45) is 0. The monoisotopic (exact) mass is 641 g/mol. The van der Waals surface area contributed by atoms with Crippen LogP contribution in [0, 0.1) is 0 Å². The van der Waals surface area contributed by atoms with Gasteiger partial charge in [-0.2, -0.15) is 0 Å². The van der Waals surface area contributed by atoms with Gasteiger partial charge in [-0.1, -0.05) is 127 Å². The average Bonchev–Trinajstić information content (AvgIpc) is 3.75. The van der Waals surface area contributed by atoms with Crippen molar-refractivity contribution in [2.24, 2.45) is 0 Å². The van der Waals surface area contributed by atoms with Crippen LogP contribution in [-0.4, -0.2) is 19.5 Å². The predicted molar refractivity (Wildman–Crippen MR) is 203 cm³/mol. The zero-order valence-corrected chi connectivity index (χ0v) is 26.8. The summed E-state index contributed by atoms with van der Waals surface area (Å²) in [5.74, 6) is 1.86. The predicted octanol–water partition coefficient (Wildman–Crippen LogP) is 11.5. The first-order chi connectivity index (χ1) is 25.2. The Labute approximate surface area is 289 Å². The van der Waals surface area contributed by atoms with E-state index < -0.39 is 0 Å². The summed E-state index contributed by atoms with van der Waals surface area (Å²) in [7, 11) is 0. The summed E-state index contributed by atoms with van der Waals surface area (Å²) in [6, 6.07) is 55.8. The van der Waals surface area contributed by atoms with Gasteiger partial charge in [0.1, 0.15) is 11.2 Å². The van der Waals surface area contributed by atoms with Gasteiger partial charge in [0.2, 0.25) is 0 Å². The number of furan rings is 1. The van der Waals surface area contributed by atoms with E-state index in [2.05, 4.69) is 77.4 Å². The van der Waals surface area contributed by atoms with Crippen LogP contribution in [0.4, 0.5) is 0 Å². The normalized spacial score (nSPS) is 11.9. The topological polar surface area (TPSA) is 56.7 Å². The van der Waals surface area contributed by atoms with Crippen molar-refractivity contribution in [1.82, 2.24) is 19.5 Å². The molecule has 0 amide bonds. The molecular formula is C45H28N4O. The van der Waals surface area contributed by atoms with Crippen molar-refractivity contribution in [3.05, 3.63) is 170 Å². The van der Waals surface area contributed by atoms with Crippen molar-refractivity contribution in [2.75, 3.05) is 0 Å². The third kappa shape index (κ3) is 4.67. The molecule has 0 unspecified atom stereocenters. The Kier molecular flexibility index (Phi) is 6.18. The number of aromatic nitrogens is 4. The van der Waals surface area contributed by atoms with Crippen LogP contribution in [0.3, 0.4) is 0 Å². The van der Waals surface area contributed by atoms with Crippen molar-refractivity contribution in [1.29, 1.82) is 0 Å². The number of hydrogen-bond donors (Lipinski definition) is 0. The van der Waals surface area contributed by atoms with E-state index >= 15 is 0 Å². The first-order valence-electron chi connectivity index (χ1n) is 17.1. The van der Waals surface area contributed by atoms with E-state index in [4.69, 9.17) is 19.4 Å². The van der Waals surface area contributed by atoms with Crippen LogP contribution in [0.15, 0.2) is 174 Å². The molecule has 7 aromatic carbocycles. The van der Waals surface area contributed by atoms with Gasteiger partial charge in [0.05, 0.1) is 12.4 Å². The second-order valence-corrected chi connectivity index (χ2v) is 12.4. The van der Waals surface area contributed by atoms with Gasteiger partial charge in [-0.3, -0.25) is 0 Å². The standard InChI is InChI=1S/C45H28N4O/c1-3-13-29(14-4-1)43-46-44(30-15-5-2-6-16-30)48-45(47-43)33-19-11-17-31(25-33)32-18-12-20-34(26-32)49-39-23-9-7-21-35(39)37-27-38-36-22-8-10-24-41(36)50-42(38)28-40(37)49/h1-28H/i28D. The third-order valence-corrected chi connectivity index (χ3v) is 9.33. The molecule has 0 spiro atoms. The van der Waals surface area contributed by atoms with Crippen molar-refractivity contribution in [2.45, 2.75) is 0 Å². The SMILES string of the molecule is [2H]c1c2oc3ccccc3c2cc2c3ccccc3n(-c3cccc(-c4cccc(-c5nc(-c6ccccc6)nc(-c6ccccc6)n5)c4)c3)c12. The maximum absolute atomic E-state index is 9.45. The summed E-state index contributed by atoms with van der Waals surface area (Å²) in [5, 5.41) is 4.10. The lowest BCUT2D eigenvalue weighted by Crippen LogP contribution is -2.00. The molecule has 10 aromatic rings. The number of benzene rings is 7. The minimum Gasteiger partial charge on any atom is -0.456 e. The number of para-hydroxylation sites is 2. The Hall–Kier alpha value is -6.85. The molecule has 0 saturated heterocycles. The summed E-state index contributed by atoms with van der Waals surface area (Å²) in [4.78, 5) is 14.8. The Morgan fingerprint density at radius 3 is 1.70 bits per heavy atom. The largest absolute Gasteiger partial charge is 0.456 e. The van der Waals surface area contributed by atoms with Crippen molar-refractivity contribution < 1.29 is 5.79 Å². The van der Waals surface area contributed by atoms with Gasteiger partial charge < -0.3 is 8.98 Å². The quantitative estimate of drug-likeness (QED) is 0.188. The molecule has 234 valence electrons. The van der Waals surface area contributed by atoms with Crippen LogP contribution in [0.5, 0.6) is 0 Å². The lowest BCUT2D eigenvalue weighted by Gasteiger charge is -2.12. The summed E-state index contributed by atoms with van der Waals surface area (Å²) in [5.41, 5.74) is 9.04. The highest BCUT2D eigenvalue weighted by atomic mass is 16.3. The van der Waals surface area contributed by atoms with Gasteiger partial charge >= 0.3 is 0 Å². The molecule has 0 aliphatic carbocycles. The van der Waals surface area contributed by atoms with E-state index in [1.807, 2.05) is 91.0 Å². The Morgan fingerprint density at radius 1 is 0.400 bits per heavy atom. The fraction of sp³-hybridized carbons (Fsp3) is 0. The van der Waals surface area contributed by atoms with Crippen LogP contribution in [0.2, 0.25) is 0 Å². The Morgan fingerprint density at radius 2 is 0.960 bits per heavy atom. The highest BCUT2D eigenvalue weighted by Gasteiger charge is 2.17. The molecule has 3 heterocycles. The lowest BCUT2D eigenvalue weighted by atomic mass is 10.0. The minimum atomic E-state index is 0.376. The van der Waals surface area contributed by atoms with E-state index in [1.54, 1.807) is 0 Å². The first kappa shape index (κ1) is 27.1. The van der Waals surface area contributed by atoms with E-state index in [0.29, 0.717) is 29.1 Å². The number of rotatable bonds is 5. The summed E-state index contributed by atoms with van der Waals surface area (Å²) in [6.45, 7) is 0. The van der Waals surface area contributed by atoms with Crippen LogP contribution in [0.25, 0.3) is 94.7 Å². The fourth-order valence-corrected chi connectivity index (χ4v) is 6.96. The van der Waals surface area contributed by atoms with E-state index in [-0.39, 0.29) is 0 Å². The lowest BCUT2D eigenvalue weighted by molar-refractivity contribution is 0.669. The molecule has 0 atom stereocenters. The molecule has 10 rings (SSSR count). The molecule has 0 N–H and O–H groups in total. The van der Waals surface area contributed by atoms with Gasteiger partial charge in [0, 0.05) is 50.0 Å². The van der Waals surface area contributed by atoms with E-state index in [9.17, 15) is 1.37 Å². The second kappa shape index (κ2) is 11.4. The van der Waals surface area contributed by atoms with E-state index in [1.165, 1.54) is 0 Å². The van der Waals surface area contributed by atoms with Crippen LogP contribution in [0.1, 0.15) is 1.37 Å². The number of hydrogen-bond acceptors (Lipinski definition) is 4. The van der Waals surface area contributed by atoms with Crippen LogP contribution in [-0.2, 0) is 0 Å². The van der Waals surface area contributed by atoms with Crippen molar-refractivity contribution in [3.8, 4) is 51.0 Å². The highest BCUT2D eigenvalue weighted by molar-refractivity contribution is 6.17. The molecule has 0 saturated carbocycles. The summed E-state index contributed by atoms with van der Waals surface area (Å²) < 4.78 is 17.9. The Bertz CT molecular complexity index is 2870. The molecule has 3 aromatic heterocycles. The molecule has 5 heteroatoms. The van der Waals surface area contributed by atoms with Crippen LogP contribution >= 0.6 is 0 Å². The zero-order chi connectivity index (χ0) is 33.9. The van der Waals surface area contributed by atoms with Crippen LogP contribution < -0.4 is 0 Å². The summed E-state index contributed by atoms with van der Waals surface area (Å²) >= 11 is 0. The van der Waals surface area contributed by atoms with E-state index in [0.717, 1.165) is 71.7 Å². The second-order valence-electron chi connectivity index (χ2n) is 12.4. The Balaban J connectivity index is 1.13. The molecule has 0 radical (unpaired) electrons. The van der Waals surface area contributed by atoms with Gasteiger partial charge in [-0.25, -0.2) is 15.0 Å². The van der Waals surface area contributed by atoms with Crippen molar-refractivity contribution >= 4 is 43.7 Å². The highest BCUT2D eigenvalue weighted by Crippen LogP contribution is 2.39. The molecule has 0 fully saturated rings.